The summed E-state index contributed by atoms with van der Waals surface area (Å²) in [6.45, 7) is 4.20. The molecule has 0 spiro atoms. The maximum atomic E-state index is 12.6. The van der Waals surface area contributed by atoms with Gasteiger partial charge in [0.2, 0.25) is 0 Å². The fourth-order valence-electron chi connectivity index (χ4n) is 3.97. The highest BCUT2D eigenvalue weighted by atomic mass is 32.2. The molecule has 2 N–H and O–H groups in total. The van der Waals surface area contributed by atoms with Gasteiger partial charge in [-0.15, -0.1) is 23.5 Å². The number of thioether (sulfide) groups is 2. The van der Waals surface area contributed by atoms with Gasteiger partial charge in [-0.1, -0.05) is 36.4 Å². The first-order chi connectivity index (χ1) is 13.8. The second-order valence-electron chi connectivity index (χ2n) is 7.63. The van der Waals surface area contributed by atoms with Gasteiger partial charge in [-0.2, -0.15) is 0 Å². The Hall–Kier alpha value is -1.43. The van der Waals surface area contributed by atoms with Crippen LogP contribution in [-0.4, -0.2) is 30.5 Å². The SMILES string of the molecule is O=C(NCc1ccccc1C[NH+]1CCCC1)c1ccc(C2SCCCS2)cc1. The number of carbonyl (C=O) groups excluding carboxylic acids is 1. The van der Waals surface area contributed by atoms with Gasteiger partial charge in [-0.3, -0.25) is 4.79 Å². The highest BCUT2D eigenvalue weighted by Crippen LogP contribution is 2.43. The van der Waals surface area contributed by atoms with Crippen molar-refractivity contribution in [3.8, 4) is 0 Å². The molecule has 0 unspecified atom stereocenters. The molecule has 0 saturated carbocycles. The minimum atomic E-state index is 0.0128. The summed E-state index contributed by atoms with van der Waals surface area (Å²) in [5, 5.41) is 3.12. The van der Waals surface area contributed by atoms with Crippen LogP contribution in [0, 0.1) is 0 Å². The standard InChI is InChI=1S/C23H28N2OS2/c26-22(18-8-10-19(11-9-18)23-27-14-5-15-28-23)24-16-20-6-1-2-7-21(20)17-25-12-3-4-13-25/h1-2,6-11,23H,3-5,12-17H2,(H,24,26)/p+1. The number of nitrogens with one attached hydrogen (secondary N) is 2. The number of rotatable bonds is 6. The molecule has 2 aliphatic rings. The van der Waals surface area contributed by atoms with Crippen LogP contribution in [0.2, 0.25) is 0 Å². The van der Waals surface area contributed by atoms with Crippen LogP contribution in [0.5, 0.6) is 0 Å². The summed E-state index contributed by atoms with van der Waals surface area (Å²) in [7, 11) is 0. The Morgan fingerprint density at radius 1 is 0.929 bits per heavy atom. The third kappa shape index (κ3) is 5.13. The van der Waals surface area contributed by atoms with Crippen LogP contribution < -0.4 is 10.2 Å². The molecule has 2 aromatic carbocycles. The highest BCUT2D eigenvalue weighted by molar-refractivity contribution is 8.16. The van der Waals surface area contributed by atoms with Gasteiger partial charge in [0.1, 0.15) is 6.54 Å². The van der Waals surface area contributed by atoms with E-state index in [4.69, 9.17) is 0 Å². The molecule has 148 valence electrons. The quantitative estimate of drug-likeness (QED) is 0.758. The molecule has 5 heteroatoms. The second kappa shape index (κ2) is 9.86. The molecule has 2 aliphatic heterocycles. The monoisotopic (exact) mass is 413 g/mol. The molecule has 2 heterocycles. The first-order valence-electron chi connectivity index (χ1n) is 10.3. The van der Waals surface area contributed by atoms with Crippen molar-refractivity contribution >= 4 is 29.4 Å². The molecule has 0 aromatic heterocycles. The fraction of sp³-hybridized carbons (Fsp3) is 0.435. The number of quaternary nitrogens is 1. The van der Waals surface area contributed by atoms with Crippen molar-refractivity contribution in [3.05, 3.63) is 70.8 Å². The van der Waals surface area contributed by atoms with E-state index < -0.39 is 0 Å². The zero-order valence-electron chi connectivity index (χ0n) is 16.3. The Labute approximate surface area is 176 Å². The Morgan fingerprint density at radius 2 is 1.61 bits per heavy atom. The van der Waals surface area contributed by atoms with E-state index >= 15 is 0 Å². The summed E-state index contributed by atoms with van der Waals surface area (Å²) in [6, 6.07) is 16.7. The van der Waals surface area contributed by atoms with Gasteiger partial charge in [0.05, 0.1) is 17.7 Å². The Bertz CT molecular complexity index is 781. The molecule has 4 rings (SSSR count). The number of likely N-dealkylation sites (tertiary alicyclic amines) is 1. The van der Waals surface area contributed by atoms with Gasteiger partial charge in [-0.25, -0.2) is 0 Å². The first-order valence-corrected chi connectivity index (χ1v) is 12.4. The van der Waals surface area contributed by atoms with Crippen molar-refractivity contribution in [2.75, 3.05) is 24.6 Å². The van der Waals surface area contributed by atoms with Crippen molar-refractivity contribution in [2.24, 2.45) is 0 Å². The number of hydrogen-bond donors (Lipinski definition) is 2. The van der Waals surface area contributed by atoms with Gasteiger partial charge in [0, 0.05) is 30.5 Å². The zero-order valence-corrected chi connectivity index (χ0v) is 17.9. The molecule has 0 radical (unpaired) electrons. The second-order valence-corrected chi connectivity index (χ2v) is 10.4. The van der Waals surface area contributed by atoms with E-state index in [0.29, 0.717) is 11.1 Å². The average Bonchev–Trinajstić information content (AvgIpc) is 3.27. The van der Waals surface area contributed by atoms with Crippen molar-refractivity contribution < 1.29 is 9.69 Å². The van der Waals surface area contributed by atoms with E-state index in [1.54, 1.807) is 4.90 Å². The number of carbonyl (C=O) groups is 1. The van der Waals surface area contributed by atoms with Gasteiger partial charge < -0.3 is 10.2 Å². The van der Waals surface area contributed by atoms with Crippen molar-refractivity contribution in [1.29, 1.82) is 0 Å². The lowest BCUT2D eigenvalue weighted by Gasteiger charge is -2.21. The van der Waals surface area contributed by atoms with Crippen LogP contribution in [0.1, 0.15) is 50.9 Å². The fourth-order valence-corrected chi connectivity index (χ4v) is 6.87. The van der Waals surface area contributed by atoms with Crippen LogP contribution in [-0.2, 0) is 13.1 Å². The predicted octanol–water partition coefficient (Wildman–Crippen LogP) is 3.66. The molecular formula is C23H29N2OS2+. The van der Waals surface area contributed by atoms with Crippen LogP contribution >= 0.6 is 23.5 Å². The number of benzene rings is 2. The lowest BCUT2D eigenvalue weighted by molar-refractivity contribution is -0.901. The van der Waals surface area contributed by atoms with Crippen LogP contribution in [0.3, 0.4) is 0 Å². The molecule has 0 bridgehead atoms. The van der Waals surface area contributed by atoms with Gasteiger partial charge in [0.25, 0.3) is 5.91 Å². The lowest BCUT2D eigenvalue weighted by atomic mass is 10.1. The van der Waals surface area contributed by atoms with Gasteiger partial charge in [0.15, 0.2) is 0 Å². The molecule has 1 amide bonds. The van der Waals surface area contributed by atoms with E-state index in [-0.39, 0.29) is 5.91 Å². The molecular weight excluding hydrogens is 384 g/mol. The predicted molar refractivity (Wildman–Crippen MR) is 120 cm³/mol. The van der Waals surface area contributed by atoms with E-state index in [1.807, 2.05) is 35.7 Å². The minimum Gasteiger partial charge on any atom is -0.348 e. The maximum absolute atomic E-state index is 12.6. The maximum Gasteiger partial charge on any atom is 0.251 e. The van der Waals surface area contributed by atoms with E-state index in [9.17, 15) is 4.79 Å². The van der Waals surface area contributed by atoms with Crippen molar-refractivity contribution in [2.45, 2.75) is 36.9 Å². The summed E-state index contributed by atoms with van der Waals surface area (Å²) in [5.74, 6) is 2.48. The topological polar surface area (TPSA) is 33.5 Å². The molecule has 2 fully saturated rings. The summed E-state index contributed by atoms with van der Waals surface area (Å²) in [4.78, 5) is 14.3. The van der Waals surface area contributed by atoms with Gasteiger partial charge in [-0.05, 0) is 41.2 Å². The summed E-state index contributed by atoms with van der Waals surface area (Å²) >= 11 is 4.03. The van der Waals surface area contributed by atoms with E-state index in [0.717, 1.165) is 12.1 Å². The van der Waals surface area contributed by atoms with Crippen molar-refractivity contribution in [1.82, 2.24) is 5.32 Å². The highest BCUT2D eigenvalue weighted by Gasteiger charge is 2.18. The Balaban J connectivity index is 1.35. The van der Waals surface area contributed by atoms with Gasteiger partial charge >= 0.3 is 0 Å². The first kappa shape index (κ1) is 19.9. The third-order valence-electron chi connectivity index (χ3n) is 5.58. The summed E-state index contributed by atoms with van der Waals surface area (Å²) in [5.41, 5.74) is 4.67. The molecule has 3 nitrogen and oxygen atoms in total. The normalized spacial score (nSPS) is 18.3. The van der Waals surface area contributed by atoms with E-state index in [1.165, 1.54) is 60.5 Å². The smallest absolute Gasteiger partial charge is 0.251 e. The summed E-state index contributed by atoms with van der Waals surface area (Å²) in [6.07, 6.45) is 3.97. The minimum absolute atomic E-state index is 0.0128. The molecule has 2 saturated heterocycles. The van der Waals surface area contributed by atoms with E-state index in [2.05, 4.69) is 41.7 Å². The van der Waals surface area contributed by atoms with Crippen molar-refractivity contribution in [3.63, 3.8) is 0 Å². The lowest BCUT2D eigenvalue weighted by Crippen LogP contribution is -3.08. The Morgan fingerprint density at radius 3 is 2.32 bits per heavy atom. The molecule has 0 aliphatic carbocycles. The molecule has 28 heavy (non-hydrogen) atoms. The molecule has 2 aromatic rings. The van der Waals surface area contributed by atoms with Crippen LogP contribution in [0.25, 0.3) is 0 Å². The number of hydrogen-bond acceptors (Lipinski definition) is 3. The van der Waals surface area contributed by atoms with Crippen LogP contribution in [0.15, 0.2) is 48.5 Å². The summed E-state index contributed by atoms with van der Waals surface area (Å²) < 4.78 is 0.519. The largest absolute Gasteiger partial charge is 0.348 e. The number of amides is 1. The average molecular weight is 414 g/mol. The molecule has 0 atom stereocenters. The zero-order chi connectivity index (χ0) is 19.2. The van der Waals surface area contributed by atoms with Crippen LogP contribution in [0.4, 0.5) is 0 Å². The Kier molecular flexibility index (Phi) is 7.00. The third-order valence-corrected chi connectivity index (χ3v) is 8.60.